The number of aryl methyl sites for hydroxylation is 2. The highest BCUT2D eigenvalue weighted by Crippen LogP contribution is 2.25. The van der Waals surface area contributed by atoms with Crippen molar-refractivity contribution in [1.29, 1.82) is 0 Å². The van der Waals surface area contributed by atoms with Crippen molar-refractivity contribution in [3.63, 3.8) is 0 Å². The summed E-state index contributed by atoms with van der Waals surface area (Å²) in [5, 5.41) is 13.3. The van der Waals surface area contributed by atoms with Crippen molar-refractivity contribution >= 4 is 28.5 Å². The fourth-order valence-electron chi connectivity index (χ4n) is 3.19. The van der Waals surface area contributed by atoms with E-state index in [2.05, 4.69) is 28.2 Å². The number of para-hydroxylation sites is 1. The maximum absolute atomic E-state index is 12.3. The summed E-state index contributed by atoms with van der Waals surface area (Å²) in [5.41, 5.74) is 2.72. The number of fused-ring (bicyclic) bond motifs is 1. The van der Waals surface area contributed by atoms with Crippen molar-refractivity contribution in [2.24, 2.45) is 7.05 Å². The number of aromatic nitrogens is 1. The van der Waals surface area contributed by atoms with E-state index in [4.69, 9.17) is 0 Å². The van der Waals surface area contributed by atoms with E-state index in [1.54, 1.807) is 38.1 Å². The van der Waals surface area contributed by atoms with Crippen LogP contribution in [0.25, 0.3) is 10.9 Å². The molecule has 0 atom stereocenters. The number of hydrogen-bond acceptors (Lipinski definition) is 2. The zero-order chi connectivity index (χ0) is 19.6. The summed E-state index contributed by atoms with van der Waals surface area (Å²) in [6, 6.07) is 15.1. The molecule has 140 valence electrons. The van der Waals surface area contributed by atoms with Gasteiger partial charge >= 0.3 is 5.97 Å². The van der Waals surface area contributed by atoms with Crippen LogP contribution in [-0.2, 0) is 28.5 Å². The summed E-state index contributed by atoms with van der Waals surface area (Å²) in [6.07, 6.45) is 3.12. The molecule has 0 saturated carbocycles. The molecule has 5 nitrogen and oxygen atoms in total. The van der Waals surface area contributed by atoms with E-state index in [0.29, 0.717) is 24.1 Å². The van der Waals surface area contributed by atoms with E-state index in [1.807, 2.05) is 19.2 Å². The topological polar surface area (TPSA) is 71.3 Å². The molecule has 0 radical (unpaired) electrons. The maximum Gasteiger partial charge on any atom is 0.313 e. The van der Waals surface area contributed by atoms with Crippen molar-refractivity contribution in [3.8, 4) is 0 Å². The van der Waals surface area contributed by atoms with Crippen LogP contribution in [0.3, 0.4) is 0 Å². The average molecular weight is 364 g/mol. The summed E-state index contributed by atoms with van der Waals surface area (Å²) in [5.74, 6) is -0.942. The molecule has 3 aromatic rings. The van der Waals surface area contributed by atoms with E-state index >= 15 is 0 Å². The van der Waals surface area contributed by atoms with Gasteiger partial charge in [0.15, 0.2) is 0 Å². The summed E-state index contributed by atoms with van der Waals surface area (Å²) < 4.78 is 2.07. The zero-order valence-electron chi connectivity index (χ0n) is 15.8. The number of hydrogen-bond donors (Lipinski definition) is 2. The van der Waals surface area contributed by atoms with Crippen LogP contribution < -0.4 is 5.32 Å². The van der Waals surface area contributed by atoms with Crippen molar-refractivity contribution in [2.75, 3.05) is 5.32 Å². The third kappa shape index (κ3) is 3.87. The van der Waals surface area contributed by atoms with Crippen molar-refractivity contribution in [2.45, 2.75) is 32.1 Å². The van der Waals surface area contributed by atoms with Crippen molar-refractivity contribution < 1.29 is 14.7 Å². The third-order valence-corrected chi connectivity index (χ3v) is 5.03. The summed E-state index contributed by atoms with van der Waals surface area (Å²) in [7, 11) is 2.01. The number of carboxylic acids is 1. The number of anilines is 1. The molecule has 0 spiro atoms. The van der Waals surface area contributed by atoms with Gasteiger partial charge in [-0.1, -0.05) is 30.3 Å². The van der Waals surface area contributed by atoms with E-state index in [9.17, 15) is 14.7 Å². The summed E-state index contributed by atoms with van der Waals surface area (Å²) in [6.45, 7) is 3.32. The highest BCUT2D eigenvalue weighted by atomic mass is 16.4. The van der Waals surface area contributed by atoms with Crippen LogP contribution in [0.2, 0.25) is 0 Å². The number of carbonyl (C=O) groups is 2. The summed E-state index contributed by atoms with van der Waals surface area (Å²) >= 11 is 0. The first-order chi connectivity index (χ1) is 12.8. The Morgan fingerprint density at radius 2 is 1.74 bits per heavy atom. The number of nitrogens with one attached hydrogen (secondary N) is 1. The van der Waals surface area contributed by atoms with Crippen molar-refractivity contribution in [1.82, 2.24) is 4.57 Å². The summed E-state index contributed by atoms with van der Waals surface area (Å²) in [4.78, 5) is 23.6. The number of carboxylic acid groups (broad SMARTS) is 1. The molecule has 0 fully saturated rings. The van der Waals surface area contributed by atoms with Gasteiger partial charge in [0, 0.05) is 36.3 Å². The molecule has 0 saturated heterocycles. The van der Waals surface area contributed by atoms with Crippen LogP contribution in [0.1, 0.15) is 31.4 Å². The molecule has 2 N–H and O–H groups in total. The number of amides is 1. The lowest BCUT2D eigenvalue weighted by atomic mass is 9.85. The molecule has 5 heteroatoms. The Labute approximate surface area is 158 Å². The van der Waals surface area contributed by atoms with Crippen LogP contribution in [-0.4, -0.2) is 21.6 Å². The highest BCUT2D eigenvalue weighted by molar-refractivity contribution is 5.92. The fourth-order valence-corrected chi connectivity index (χ4v) is 3.19. The molecule has 27 heavy (non-hydrogen) atoms. The van der Waals surface area contributed by atoms with Gasteiger partial charge in [-0.3, -0.25) is 9.59 Å². The predicted octanol–water partition coefficient (Wildman–Crippen LogP) is 4.11. The van der Waals surface area contributed by atoms with Gasteiger partial charge in [0.2, 0.25) is 5.91 Å². The lowest BCUT2D eigenvalue weighted by Gasteiger charge is -2.19. The minimum atomic E-state index is -0.961. The van der Waals surface area contributed by atoms with Crippen LogP contribution in [0.4, 0.5) is 5.69 Å². The molecule has 0 unspecified atom stereocenters. The second-order valence-electron chi connectivity index (χ2n) is 7.34. The molecule has 0 bridgehead atoms. The molecule has 1 aromatic heterocycles. The second kappa shape index (κ2) is 7.27. The quantitative estimate of drug-likeness (QED) is 0.691. The largest absolute Gasteiger partial charge is 0.481 e. The van der Waals surface area contributed by atoms with Gasteiger partial charge in [0.1, 0.15) is 0 Å². The van der Waals surface area contributed by atoms with Gasteiger partial charge in [-0.15, -0.1) is 0 Å². The van der Waals surface area contributed by atoms with Crippen LogP contribution in [0.15, 0.2) is 54.7 Å². The number of nitrogens with zero attached hydrogens (tertiary/aromatic N) is 1. The SMILES string of the molecule is Cn1cc(CCC(=O)Nc2ccc(C(C)(C)C(=O)O)cc2)c2ccccc21. The third-order valence-electron chi connectivity index (χ3n) is 5.03. The Kier molecular flexibility index (Phi) is 5.04. The van der Waals surface area contributed by atoms with Gasteiger partial charge in [-0.25, -0.2) is 0 Å². The molecule has 0 aliphatic rings. The Balaban J connectivity index is 1.63. The van der Waals surface area contributed by atoms with Gasteiger partial charge in [-0.2, -0.15) is 0 Å². The highest BCUT2D eigenvalue weighted by Gasteiger charge is 2.29. The Bertz CT molecular complexity index is 984. The van der Waals surface area contributed by atoms with E-state index in [0.717, 1.165) is 11.1 Å². The van der Waals surface area contributed by atoms with Gasteiger partial charge in [0.25, 0.3) is 0 Å². The number of aliphatic carboxylic acids is 1. The average Bonchev–Trinajstić information content (AvgIpc) is 2.97. The maximum atomic E-state index is 12.3. The first-order valence-corrected chi connectivity index (χ1v) is 8.96. The number of rotatable bonds is 6. The molecule has 1 amide bonds. The Morgan fingerprint density at radius 3 is 2.41 bits per heavy atom. The number of benzene rings is 2. The van der Waals surface area contributed by atoms with E-state index in [-0.39, 0.29) is 5.91 Å². The van der Waals surface area contributed by atoms with E-state index in [1.165, 1.54) is 5.39 Å². The minimum Gasteiger partial charge on any atom is -0.481 e. The Hall–Kier alpha value is -3.08. The molecule has 1 heterocycles. The van der Waals surface area contributed by atoms with Gasteiger partial charge < -0.3 is 15.0 Å². The van der Waals surface area contributed by atoms with Gasteiger partial charge in [-0.05, 0) is 49.6 Å². The molecule has 0 aliphatic heterocycles. The lowest BCUT2D eigenvalue weighted by Crippen LogP contribution is -2.28. The standard InChI is InChI=1S/C22H24N2O3/c1-22(2,21(26)27)16-9-11-17(12-10-16)23-20(25)13-8-15-14-24(3)19-7-5-4-6-18(15)19/h4-7,9-12,14H,8,13H2,1-3H3,(H,23,25)(H,26,27). The minimum absolute atomic E-state index is 0.0619. The first kappa shape index (κ1) is 18.7. The Morgan fingerprint density at radius 1 is 1.07 bits per heavy atom. The normalized spacial score (nSPS) is 11.5. The fraction of sp³-hybridized carbons (Fsp3) is 0.273. The van der Waals surface area contributed by atoms with Crippen LogP contribution in [0, 0.1) is 0 Å². The van der Waals surface area contributed by atoms with Crippen LogP contribution >= 0.6 is 0 Å². The molecule has 0 aliphatic carbocycles. The first-order valence-electron chi connectivity index (χ1n) is 8.96. The van der Waals surface area contributed by atoms with Crippen LogP contribution in [0.5, 0.6) is 0 Å². The monoisotopic (exact) mass is 364 g/mol. The smallest absolute Gasteiger partial charge is 0.313 e. The van der Waals surface area contributed by atoms with E-state index < -0.39 is 11.4 Å². The molecular weight excluding hydrogens is 340 g/mol. The molecular formula is C22H24N2O3. The zero-order valence-corrected chi connectivity index (χ0v) is 15.8. The molecule has 2 aromatic carbocycles. The predicted molar refractivity (Wildman–Crippen MR) is 107 cm³/mol. The number of carbonyl (C=O) groups excluding carboxylic acids is 1. The van der Waals surface area contributed by atoms with Crippen molar-refractivity contribution in [3.05, 3.63) is 65.9 Å². The van der Waals surface area contributed by atoms with Gasteiger partial charge in [0.05, 0.1) is 5.41 Å². The lowest BCUT2D eigenvalue weighted by molar-refractivity contribution is -0.142. The molecule has 3 rings (SSSR count). The second-order valence-corrected chi connectivity index (χ2v) is 7.34.